The van der Waals surface area contributed by atoms with E-state index in [4.69, 9.17) is 14.6 Å². The molecule has 1 saturated heterocycles. The van der Waals surface area contributed by atoms with Crippen LogP contribution in [-0.2, 0) is 9.31 Å². The average molecular weight is 258 g/mol. The lowest BCUT2D eigenvalue weighted by atomic mass is 9.74. The highest BCUT2D eigenvalue weighted by Crippen LogP contribution is 2.36. The molecule has 5 heteroatoms. The van der Waals surface area contributed by atoms with E-state index in [9.17, 15) is 0 Å². The molecule has 0 aliphatic carbocycles. The third kappa shape index (κ3) is 2.38. The van der Waals surface area contributed by atoms with E-state index in [0.29, 0.717) is 0 Å². The molecule has 0 N–H and O–H groups in total. The lowest BCUT2D eigenvalue weighted by molar-refractivity contribution is 0.00578. The lowest BCUT2D eigenvalue weighted by Gasteiger charge is -2.32. The van der Waals surface area contributed by atoms with E-state index in [-0.39, 0.29) is 17.1 Å². The van der Waals surface area contributed by atoms with Crippen LogP contribution in [0.3, 0.4) is 0 Å². The quantitative estimate of drug-likeness (QED) is 0.761. The molecule has 0 radical (unpaired) electrons. The maximum atomic E-state index is 9.10. The number of hydrogen-bond acceptors (Lipinski definition) is 4. The molecule has 1 aliphatic rings. The minimum absolute atomic E-state index is 0.234. The van der Waals surface area contributed by atoms with Crippen molar-refractivity contribution in [3.8, 4) is 6.07 Å². The summed E-state index contributed by atoms with van der Waals surface area (Å²) >= 11 is 0. The highest BCUT2D eigenvalue weighted by atomic mass is 16.7. The topological polar surface area (TPSA) is 55.1 Å². The fraction of sp³-hybridized carbons (Fsp3) is 0.571. The Morgan fingerprint density at radius 2 is 1.84 bits per heavy atom. The monoisotopic (exact) mass is 258 g/mol. The van der Waals surface area contributed by atoms with Crippen LogP contribution in [0.2, 0.25) is 0 Å². The largest absolute Gasteiger partial charge is 0.495 e. The molecule has 1 fully saturated rings. The molecule has 2 rings (SSSR count). The summed E-state index contributed by atoms with van der Waals surface area (Å²) in [6.07, 6.45) is 3.42. The zero-order valence-corrected chi connectivity index (χ0v) is 12.1. The van der Waals surface area contributed by atoms with Crippen LogP contribution in [0.15, 0.2) is 18.5 Å². The first-order chi connectivity index (χ1) is 8.78. The van der Waals surface area contributed by atoms with Crippen LogP contribution < -0.4 is 5.46 Å². The Morgan fingerprint density at radius 1 is 1.26 bits per heavy atom. The molecule has 4 nitrogen and oxygen atoms in total. The molecular weight excluding hydrogens is 239 g/mol. The summed E-state index contributed by atoms with van der Waals surface area (Å²) in [5.74, 6) is -0.234. The Morgan fingerprint density at radius 3 is 2.37 bits per heavy atom. The number of hydrogen-bond donors (Lipinski definition) is 0. The molecule has 1 aliphatic heterocycles. The Hall–Kier alpha value is -1.38. The van der Waals surface area contributed by atoms with Crippen molar-refractivity contribution in [2.24, 2.45) is 0 Å². The van der Waals surface area contributed by atoms with Crippen LogP contribution in [0.1, 0.15) is 46.1 Å². The molecule has 1 aromatic rings. The second-order valence-electron chi connectivity index (χ2n) is 5.94. The Bertz CT molecular complexity index is 506. The van der Waals surface area contributed by atoms with Gasteiger partial charge in [0, 0.05) is 12.4 Å². The van der Waals surface area contributed by atoms with Gasteiger partial charge in [0.05, 0.1) is 23.2 Å². The van der Waals surface area contributed by atoms with Crippen molar-refractivity contribution in [3.63, 3.8) is 0 Å². The van der Waals surface area contributed by atoms with Gasteiger partial charge in [-0.3, -0.25) is 4.98 Å². The van der Waals surface area contributed by atoms with Gasteiger partial charge in [-0.2, -0.15) is 5.26 Å². The normalized spacial score (nSPS) is 22.0. The van der Waals surface area contributed by atoms with Gasteiger partial charge in [0.15, 0.2) is 0 Å². The number of pyridine rings is 1. The minimum atomic E-state index is -0.446. The van der Waals surface area contributed by atoms with Crippen molar-refractivity contribution in [1.82, 2.24) is 4.98 Å². The summed E-state index contributed by atoms with van der Waals surface area (Å²) in [5.41, 5.74) is 0.994. The van der Waals surface area contributed by atoms with Gasteiger partial charge in [0.2, 0.25) is 0 Å². The molecule has 1 atom stereocenters. The molecule has 1 unspecified atom stereocenters. The van der Waals surface area contributed by atoms with E-state index >= 15 is 0 Å². The molecule has 0 saturated carbocycles. The van der Waals surface area contributed by atoms with Gasteiger partial charge in [-0.05, 0) is 51.7 Å². The van der Waals surface area contributed by atoms with E-state index in [1.807, 2.05) is 40.7 Å². The number of nitriles is 1. The molecule has 2 heterocycles. The van der Waals surface area contributed by atoms with Crippen molar-refractivity contribution in [2.75, 3.05) is 0 Å². The lowest BCUT2D eigenvalue weighted by Crippen LogP contribution is -2.41. The second-order valence-corrected chi connectivity index (χ2v) is 5.94. The van der Waals surface area contributed by atoms with E-state index in [1.165, 1.54) is 0 Å². The van der Waals surface area contributed by atoms with Crippen LogP contribution in [-0.4, -0.2) is 23.3 Å². The van der Waals surface area contributed by atoms with Gasteiger partial charge in [-0.15, -0.1) is 0 Å². The molecular formula is C14H19BN2O2. The Labute approximate surface area is 114 Å². The van der Waals surface area contributed by atoms with Crippen molar-refractivity contribution in [3.05, 3.63) is 24.0 Å². The molecule has 0 amide bonds. The Balaban J connectivity index is 2.38. The summed E-state index contributed by atoms with van der Waals surface area (Å²) in [6.45, 7) is 9.91. The van der Waals surface area contributed by atoms with Crippen LogP contribution in [0.4, 0.5) is 0 Å². The van der Waals surface area contributed by atoms with Gasteiger partial charge >= 0.3 is 7.12 Å². The fourth-order valence-corrected chi connectivity index (χ4v) is 2.03. The predicted octanol–water partition coefficient (Wildman–Crippen LogP) is 2.01. The van der Waals surface area contributed by atoms with Crippen LogP contribution in [0, 0.1) is 11.3 Å². The number of nitrogens with zero attached hydrogens (tertiary/aromatic N) is 2. The second kappa shape index (κ2) is 4.62. The zero-order valence-electron chi connectivity index (χ0n) is 12.1. The highest BCUT2D eigenvalue weighted by molar-refractivity contribution is 6.62. The average Bonchev–Trinajstić information content (AvgIpc) is 2.57. The van der Waals surface area contributed by atoms with E-state index < -0.39 is 7.12 Å². The molecule has 0 spiro atoms. The minimum Gasteiger partial charge on any atom is -0.399 e. The summed E-state index contributed by atoms with van der Waals surface area (Å²) in [4.78, 5) is 4.10. The zero-order chi connectivity index (χ0) is 14.3. The first-order valence-corrected chi connectivity index (χ1v) is 6.47. The summed E-state index contributed by atoms with van der Waals surface area (Å²) in [7, 11) is -0.446. The van der Waals surface area contributed by atoms with E-state index in [1.54, 1.807) is 12.4 Å². The summed E-state index contributed by atoms with van der Waals surface area (Å²) in [6, 6.07) is 4.10. The number of rotatable bonds is 2. The SMILES string of the molecule is CC(C#N)c1cnccc1B1OC(C)(C)C(C)(C)O1. The molecule has 1 aromatic heterocycles. The van der Waals surface area contributed by atoms with Crippen molar-refractivity contribution < 1.29 is 9.31 Å². The van der Waals surface area contributed by atoms with Gasteiger partial charge in [0.1, 0.15) is 0 Å². The standard InChI is InChI=1S/C14H19BN2O2/c1-10(8-16)11-9-17-7-6-12(11)15-18-13(2,3)14(4,5)19-15/h6-7,9-10H,1-5H3. The highest BCUT2D eigenvalue weighted by Gasteiger charge is 2.52. The third-order valence-electron chi connectivity index (χ3n) is 4.05. The van der Waals surface area contributed by atoms with Gasteiger partial charge in [-0.1, -0.05) is 0 Å². The molecule has 19 heavy (non-hydrogen) atoms. The molecule has 0 bridgehead atoms. The van der Waals surface area contributed by atoms with Gasteiger partial charge < -0.3 is 9.31 Å². The predicted molar refractivity (Wildman–Crippen MR) is 74.0 cm³/mol. The van der Waals surface area contributed by atoms with Crippen LogP contribution >= 0.6 is 0 Å². The van der Waals surface area contributed by atoms with Crippen molar-refractivity contribution in [2.45, 2.75) is 51.7 Å². The maximum Gasteiger partial charge on any atom is 0.495 e. The molecule has 0 aromatic carbocycles. The van der Waals surface area contributed by atoms with Crippen molar-refractivity contribution in [1.29, 1.82) is 5.26 Å². The first kappa shape index (κ1) is 14.0. The van der Waals surface area contributed by atoms with Crippen LogP contribution in [0.5, 0.6) is 0 Å². The van der Waals surface area contributed by atoms with Gasteiger partial charge in [-0.25, -0.2) is 0 Å². The smallest absolute Gasteiger partial charge is 0.399 e. The summed E-state index contributed by atoms with van der Waals surface area (Å²) < 4.78 is 12.1. The molecule has 100 valence electrons. The van der Waals surface area contributed by atoms with Crippen molar-refractivity contribution >= 4 is 12.6 Å². The summed E-state index contributed by atoms with van der Waals surface area (Å²) in [5, 5.41) is 9.10. The number of aromatic nitrogens is 1. The maximum absolute atomic E-state index is 9.10. The third-order valence-corrected chi connectivity index (χ3v) is 4.05. The fourth-order valence-electron chi connectivity index (χ4n) is 2.03. The first-order valence-electron chi connectivity index (χ1n) is 6.47. The van der Waals surface area contributed by atoms with E-state index in [2.05, 4.69) is 11.1 Å². The van der Waals surface area contributed by atoms with Crippen LogP contribution in [0.25, 0.3) is 0 Å². The Kier molecular flexibility index (Phi) is 3.42. The van der Waals surface area contributed by atoms with Gasteiger partial charge in [0.25, 0.3) is 0 Å². The van der Waals surface area contributed by atoms with E-state index in [0.717, 1.165) is 11.0 Å².